The summed E-state index contributed by atoms with van der Waals surface area (Å²) in [6.45, 7) is 0. The van der Waals surface area contributed by atoms with Gasteiger partial charge >= 0.3 is 0 Å². The fourth-order valence-corrected chi connectivity index (χ4v) is 0.423. The molecule has 0 radical (unpaired) electrons. The zero-order chi connectivity index (χ0) is 6.95. The van der Waals surface area contributed by atoms with Gasteiger partial charge in [0.2, 0.25) is 0 Å². The molecule has 0 aromatic heterocycles. The largest absolute Gasteiger partial charge is 0.399 e. The second-order valence-corrected chi connectivity index (χ2v) is 1.57. The molecule has 0 saturated carbocycles. The van der Waals surface area contributed by atoms with Gasteiger partial charge in [0.25, 0.3) is 0 Å². The van der Waals surface area contributed by atoms with Crippen LogP contribution in [0.5, 0.6) is 0 Å². The molecule has 0 aromatic carbocycles. The normalized spacial score (nSPS) is 9.33. The summed E-state index contributed by atoms with van der Waals surface area (Å²) in [7, 11) is 1.53. The van der Waals surface area contributed by atoms with Crippen molar-refractivity contribution in [2.24, 2.45) is 5.16 Å². The predicted molar refractivity (Wildman–Crippen MR) is 38.2 cm³/mol. The number of hydrogen-bond acceptors (Lipinski definition) is 2. The molecule has 0 bridgehead atoms. The van der Waals surface area contributed by atoms with Crippen LogP contribution in [0.2, 0.25) is 0 Å². The van der Waals surface area contributed by atoms with E-state index in [2.05, 4.69) is 15.9 Å². The maximum atomic E-state index is 5.02. The lowest BCUT2D eigenvalue weighted by Crippen LogP contribution is -1.76. The van der Waals surface area contributed by atoms with Gasteiger partial charge in [-0.3, -0.25) is 0 Å². The van der Waals surface area contributed by atoms with Crippen LogP contribution in [0.1, 0.15) is 19.3 Å². The first-order valence-corrected chi connectivity index (χ1v) is 2.90. The van der Waals surface area contributed by atoms with Gasteiger partial charge in [0.05, 0.1) is 0 Å². The van der Waals surface area contributed by atoms with E-state index in [1.807, 2.05) is 0 Å². The van der Waals surface area contributed by atoms with E-state index in [9.17, 15) is 0 Å². The minimum Gasteiger partial charge on any atom is -0.399 e. The molecule has 0 aliphatic rings. The summed E-state index contributed by atoms with van der Waals surface area (Å²) in [6.07, 6.45) is 9.44. The van der Waals surface area contributed by atoms with Gasteiger partial charge in [-0.25, -0.2) is 0 Å². The molecule has 0 atom stereocenters. The summed E-state index contributed by atoms with van der Waals surface area (Å²) in [4.78, 5) is 4.44. The Morgan fingerprint density at radius 3 is 3.11 bits per heavy atom. The van der Waals surface area contributed by atoms with Crippen LogP contribution in [-0.2, 0) is 4.84 Å². The van der Waals surface area contributed by atoms with E-state index < -0.39 is 0 Å². The molecule has 0 spiro atoms. The van der Waals surface area contributed by atoms with Crippen LogP contribution in [0.3, 0.4) is 0 Å². The molecule has 0 unspecified atom stereocenters. The Morgan fingerprint density at radius 1 is 1.78 bits per heavy atom. The molecule has 0 fully saturated rings. The molecule has 0 aromatic rings. The van der Waals surface area contributed by atoms with Crippen molar-refractivity contribution in [2.75, 3.05) is 7.11 Å². The van der Waals surface area contributed by atoms with Crippen molar-refractivity contribution < 1.29 is 4.84 Å². The zero-order valence-electron chi connectivity index (χ0n) is 5.63. The van der Waals surface area contributed by atoms with Gasteiger partial charge in [0, 0.05) is 12.6 Å². The van der Waals surface area contributed by atoms with Crippen LogP contribution in [0.4, 0.5) is 0 Å². The molecule has 0 saturated heterocycles. The minimum atomic E-state index is 0.815. The van der Waals surface area contributed by atoms with Crippen molar-refractivity contribution in [1.29, 1.82) is 0 Å². The van der Waals surface area contributed by atoms with Crippen molar-refractivity contribution in [1.82, 2.24) is 0 Å². The lowest BCUT2D eigenvalue weighted by atomic mass is 10.3. The zero-order valence-corrected chi connectivity index (χ0v) is 5.63. The average molecular weight is 125 g/mol. The van der Waals surface area contributed by atoms with Gasteiger partial charge < -0.3 is 4.84 Å². The minimum absolute atomic E-state index is 0.815. The van der Waals surface area contributed by atoms with Crippen LogP contribution in [0.25, 0.3) is 0 Å². The van der Waals surface area contributed by atoms with Crippen LogP contribution < -0.4 is 0 Å². The fourth-order valence-electron chi connectivity index (χ4n) is 0.423. The Labute approximate surface area is 55.9 Å². The Hall–Kier alpha value is -0.970. The van der Waals surface area contributed by atoms with E-state index in [-0.39, 0.29) is 0 Å². The summed E-state index contributed by atoms with van der Waals surface area (Å²) in [5.74, 6) is 2.54. The van der Waals surface area contributed by atoms with E-state index >= 15 is 0 Å². The van der Waals surface area contributed by atoms with Gasteiger partial charge in [-0.15, -0.1) is 12.3 Å². The third-order valence-corrected chi connectivity index (χ3v) is 0.834. The number of hydrogen-bond donors (Lipinski definition) is 0. The molecule has 0 N–H and O–H groups in total. The van der Waals surface area contributed by atoms with Gasteiger partial charge in [0.15, 0.2) is 0 Å². The first-order valence-electron chi connectivity index (χ1n) is 2.90. The van der Waals surface area contributed by atoms with Crippen LogP contribution in [-0.4, -0.2) is 13.3 Å². The van der Waals surface area contributed by atoms with Gasteiger partial charge in [-0.2, -0.15) is 0 Å². The number of nitrogens with zero attached hydrogens (tertiary/aromatic N) is 1. The van der Waals surface area contributed by atoms with Crippen molar-refractivity contribution in [3.05, 3.63) is 0 Å². The van der Waals surface area contributed by atoms with E-state index in [1.54, 1.807) is 6.21 Å². The summed E-state index contributed by atoms with van der Waals surface area (Å²) in [5.41, 5.74) is 0. The van der Waals surface area contributed by atoms with Gasteiger partial charge in [0.1, 0.15) is 7.11 Å². The summed E-state index contributed by atoms with van der Waals surface area (Å²) >= 11 is 0. The second-order valence-electron chi connectivity index (χ2n) is 1.57. The molecular formula is C7H11NO. The van der Waals surface area contributed by atoms with Crippen LogP contribution in [0.15, 0.2) is 5.16 Å². The smallest absolute Gasteiger partial charge is 0.106 e. The molecule has 2 nitrogen and oxygen atoms in total. The van der Waals surface area contributed by atoms with Gasteiger partial charge in [-0.1, -0.05) is 5.16 Å². The monoisotopic (exact) mass is 125 g/mol. The highest BCUT2D eigenvalue weighted by atomic mass is 16.6. The number of terminal acetylenes is 1. The maximum Gasteiger partial charge on any atom is 0.106 e. The predicted octanol–water partition coefficient (Wildman–Crippen LogP) is 1.42. The van der Waals surface area contributed by atoms with E-state index in [0.29, 0.717) is 0 Å². The molecule has 2 heteroatoms. The van der Waals surface area contributed by atoms with Crippen molar-refractivity contribution in [2.45, 2.75) is 19.3 Å². The quantitative estimate of drug-likeness (QED) is 0.241. The van der Waals surface area contributed by atoms with Gasteiger partial charge in [-0.05, 0) is 12.8 Å². The average Bonchev–Trinajstić information content (AvgIpc) is 1.89. The van der Waals surface area contributed by atoms with E-state index in [0.717, 1.165) is 19.3 Å². The third-order valence-electron chi connectivity index (χ3n) is 0.834. The fraction of sp³-hybridized carbons (Fsp3) is 0.571. The Balaban J connectivity index is 2.92. The molecule has 0 amide bonds. The topological polar surface area (TPSA) is 21.6 Å². The third kappa shape index (κ3) is 7.03. The molecule has 0 aliphatic heterocycles. The van der Waals surface area contributed by atoms with Crippen molar-refractivity contribution in [3.63, 3.8) is 0 Å². The standard InChI is InChI=1S/C7H11NO/c1-3-4-5-6-7-8-9-2/h1,7H,4-6H2,2H3/b8-7-. The molecule has 0 heterocycles. The van der Waals surface area contributed by atoms with E-state index in [1.165, 1.54) is 7.11 Å². The second kappa shape index (κ2) is 7.03. The van der Waals surface area contributed by atoms with Crippen LogP contribution in [0, 0.1) is 12.3 Å². The lowest BCUT2D eigenvalue weighted by molar-refractivity contribution is 0.214. The number of rotatable bonds is 4. The first kappa shape index (κ1) is 8.03. The highest BCUT2D eigenvalue weighted by Crippen LogP contribution is 1.89. The Bertz CT molecular complexity index is 113. The Kier molecular flexibility index (Phi) is 6.27. The highest BCUT2D eigenvalue weighted by molar-refractivity contribution is 5.56. The highest BCUT2D eigenvalue weighted by Gasteiger charge is 1.78. The van der Waals surface area contributed by atoms with Crippen molar-refractivity contribution >= 4 is 6.21 Å². The SMILES string of the molecule is C#CCCC/C=N\OC. The number of unbranched alkanes of at least 4 members (excludes halogenated alkanes) is 2. The molecular weight excluding hydrogens is 114 g/mol. The summed E-state index contributed by atoms with van der Waals surface area (Å²) in [5, 5.41) is 3.55. The summed E-state index contributed by atoms with van der Waals surface area (Å²) < 4.78 is 0. The first-order chi connectivity index (χ1) is 4.41. The molecule has 0 rings (SSSR count). The molecule has 50 valence electrons. The summed E-state index contributed by atoms with van der Waals surface area (Å²) in [6, 6.07) is 0. The molecule has 0 aliphatic carbocycles. The van der Waals surface area contributed by atoms with Crippen molar-refractivity contribution in [3.8, 4) is 12.3 Å². The van der Waals surface area contributed by atoms with E-state index in [4.69, 9.17) is 6.42 Å². The molecule has 9 heavy (non-hydrogen) atoms. The lowest BCUT2D eigenvalue weighted by Gasteiger charge is -1.86. The Morgan fingerprint density at radius 2 is 2.56 bits per heavy atom. The maximum absolute atomic E-state index is 5.02. The number of oxime groups is 1. The van der Waals surface area contributed by atoms with Crippen LogP contribution >= 0.6 is 0 Å².